The number of rotatable bonds is 8. The van der Waals surface area contributed by atoms with Crippen LogP contribution in [0.3, 0.4) is 0 Å². The molecule has 0 heterocycles. The fourth-order valence-electron chi connectivity index (χ4n) is 1.83. The molecule has 0 atom stereocenters. The lowest BCUT2D eigenvalue weighted by molar-refractivity contribution is 0.303. The van der Waals surface area contributed by atoms with E-state index in [1.54, 1.807) is 0 Å². The van der Waals surface area contributed by atoms with Crippen LogP contribution in [0.1, 0.15) is 38.2 Å². The van der Waals surface area contributed by atoms with Gasteiger partial charge in [-0.05, 0) is 62.9 Å². The molecule has 0 saturated heterocycles. The zero-order valence-corrected chi connectivity index (χ0v) is 10.7. The van der Waals surface area contributed by atoms with Gasteiger partial charge >= 0.3 is 0 Å². The normalized spacial score (nSPS) is 14.9. The summed E-state index contributed by atoms with van der Waals surface area (Å²) in [5, 5.41) is 3.43. The number of hydrogen-bond acceptors (Lipinski definition) is 2. The minimum Gasteiger partial charge on any atom is -0.490 e. The van der Waals surface area contributed by atoms with Crippen LogP contribution in [-0.2, 0) is 6.42 Å². The molecule has 2 rings (SSSR count). The van der Waals surface area contributed by atoms with Gasteiger partial charge in [0.2, 0.25) is 0 Å². The Kier molecular flexibility index (Phi) is 4.87. The second kappa shape index (κ2) is 6.65. The third-order valence-electron chi connectivity index (χ3n) is 3.00. The third kappa shape index (κ3) is 4.78. The third-order valence-corrected chi connectivity index (χ3v) is 3.00. The van der Waals surface area contributed by atoms with Gasteiger partial charge in [0.1, 0.15) is 5.75 Å². The van der Waals surface area contributed by atoms with Crippen LogP contribution in [0.15, 0.2) is 24.3 Å². The monoisotopic (exact) mass is 233 g/mol. The maximum atomic E-state index is 5.73. The highest BCUT2D eigenvalue weighted by atomic mass is 16.5. The van der Waals surface area contributed by atoms with Crippen LogP contribution in [0.25, 0.3) is 0 Å². The van der Waals surface area contributed by atoms with Crippen molar-refractivity contribution >= 4 is 0 Å². The second-order valence-corrected chi connectivity index (χ2v) is 4.81. The smallest absolute Gasteiger partial charge is 0.119 e. The summed E-state index contributed by atoms with van der Waals surface area (Å²) >= 11 is 0. The minimum absolute atomic E-state index is 0.499. The number of nitrogens with one attached hydrogen (secondary N) is 1. The first-order valence-corrected chi connectivity index (χ1v) is 6.85. The van der Waals surface area contributed by atoms with E-state index < -0.39 is 0 Å². The lowest BCUT2D eigenvalue weighted by atomic mass is 10.1. The quantitative estimate of drug-likeness (QED) is 0.696. The predicted octanol–water partition coefficient (Wildman–Crippen LogP) is 3.16. The van der Waals surface area contributed by atoms with E-state index in [-0.39, 0.29) is 0 Å². The first-order chi connectivity index (χ1) is 8.38. The Bertz CT molecular complexity index is 316. The lowest BCUT2D eigenvalue weighted by Crippen LogP contribution is -2.16. The van der Waals surface area contributed by atoms with Gasteiger partial charge in [-0.2, -0.15) is 0 Å². The van der Waals surface area contributed by atoms with E-state index in [1.165, 1.54) is 31.2 Å². The Labute approximate surface area is 104 Å². The number of ether oxygens (including phenoxy) is 1. The highest BCUT2D eigenvalue weighted by Crippen LogP contribution is 2.26. The van der Waals surface area contributed by atoms with Gasteiger partial charge in [-0.3, -0.25) is 0 Å². The molecule has 1 N–H and O–H groups in total. The van der Waals surface area contributed by atoms with Gasteiger partial charge < -0.3 is 10.1 Å². The molecule has 2 heteroatoms. The lowest BCUT2D eigenvalue weighted by Gasteiger charge is -2.06. The van der Waals surface area contributed by atoms with Crippen molar-refractivity contribution in [3.8, 4) is 5.75 Å². The largest absolute Gasteiger partial charge is 0.490 e. The molecule has 0 bridgehead atoms. The van der Waals surface area contributed by atoms with E-state index in [0.29, 0.717) is 6.10 Å². The summed E-state index contributed by atoms with van der Waals surface area (Å²) in [5.74, 6) is 1.03. The molecule has 0 aromatic heterocycles. The molecule has 1 aliphatic rings. The van der Waals surface area contributed by atoms with Crippen molar-refractivity contribution in [1.29, 1.82) is 0 Å². The topological polar surface area (TPSA) is 21.3 Å². The van der Waals surface area contributed by atoms with E-state index in [0.717, 1.165) is 25.3 Å². The first kappa shape index (κ1) is 12.4. The summed E-state index contributed by atoms with van der Waals surface area (Å²) in [6.07, 6.45) is 6.53. The average molecular weight is 233 g/mol. The average Bonchev–Trinajstić information content (AvgIpc) is 3.15. The molecule has 1 aromatic rings. The summed E-state index contributed by atoms with van der Waals surface area (Å²) < 4.78 is 5.73. The molecule has 0 aliphatic heterocycles. The highest BCUT2D eigenvalue weighted by molar-refractivity contribution is 5.27. The number of aryl methyl sites for hydroxylation is 1. The van der Waals surface area contributed by atoms with Gasteiger partial charge in [0.15, 0.2) is 0 Å². The molecule has 0 radical (unpaired) electrons. The van der Waals surface area contributed by atoms with Crippen LogP contribution < -0.4 is 10.1 Å². The molecule has 1 aliphatic carbocycles. The summed E-state index contributed by atoms with van der Waals surface area (Å²) in [6, 6.07) is 8.59. The summed E-state index contributed by atoms with van der Waals surface area (Å²) in [6.45, 7) is 4.45. The van der Waals surface area contributed by atoms with E-state index in [1.807, 2.05) is 0 Å². The molecule has 0 spiro atoms. The van der Waals surface area contributed by atoms with Gasteiger partial charge in [-0.25, -0.2) is 0 Å². The Morgan fingerprint density at radius 2 is 1.94 bits per heavy atom. The molecule has 1 fully saturated rings. The molecule has 94 valence electrons. The van der Waals surface area contributed by atoms with Crippen LogP contribution in [0, 0.1) is 0 Å². The standard InChI is InChI=1S/C15H23NO/c1-2-11-16-12-3-4-13-5-7-14(8-6-13)17-15-9-10-15/h5-8,15-16H,2-4,9-12H2,1H3. The molecule has 2 nitrogen and oxygen atoms in total. The maximum Gasteiger partial charge on any atom is 0.119 e. The van der Waals surface area contributed by atoms with Crippen molar-refractivity contribution in [3.05, 3.63) is 29.8 Å². The first-order valence-electron chi connectivity index (χ1n) is 6.85. The van der Waals surface area contributed by atoms with E-state index in [2.05, 4.69) is 36.5 Å². The fraction of sp³-hybridized carbons (Fsp3) is 0.600. The van der Waals surface area contributed by atoms with Crippen molar-refractivity contribution in [2.75, 3.05) is 13.1 Å². The van der Waals surface area contributed by atoms with Gasteiger partial charge in [-0.1, -0.05) is 19.1 Å². The van der Waals surface area contributed by atoms with Gasteiger partial charge in [-0.15, -0.1) is 0 Å². The second-order valence-electron chi connectivity index (χ2n) is 4.81. The van der Waals surface area contributed by atoms with E-state index in [9.17, 15) is 0 Å². The Morgan fingerprint density at radius 1 is 1.18 bits per heavy atom. The van der Waals surface area contributed by atoms with Crippen molar-refractivity contribution in [2.45, 2.75) is 45.1 Å². The van der Waals surface area contributed by atoms with Crippen LogP contribution in [0.4, 0.5) is 0 Å². The van der Waals surface area contributed by atoms with Gasteiger partial charge in [0.05, 0.1) is 6.10 Å². The molecule has 17 heavy (non-hydrogen) atoms. The van der Waals surface area contributed by atoms with Crippen molar-refractivity contribution < 1.29 is 4.74 Å². The van der Waals surface area contributed by atoms with E-state index in [4.69, 9.17) is 4.74 Å². The minimum atomic E-state index is 0.499. The summed E-state index contributed by atoms with van der Waals surface area (Å²) in [7, 11) is 0. The zero-order chi connectivity index (χ0) is 11.9. The molecule has 1 saturated carbocycles. The fourth-order valence-corrected chi connectivity index (χ4v) is 1.83. The number of hydrogen-bond donors (Lipinski definition) is 1. The van der Waals surface area contributed by atoms with Crippen molar-refractivity contribution in [3.63, 3.8) is 0 Å². The maximum absolute atomic E-state index is 5.73. The SMILES string of the molecule is CCCNCCCc1ccc(OC2CC2)cc1. The Hall–Kier alpha value is -1.02. The molecular formula is C15H23NO. The van der Waals surface area contributed by atoms with Gasteiger partial charge in [0.25, 0.3) is 0 Å². The van der Waals surface area contributed by atoms with Crippen molar-refractivity contribution in [1.82, 2.24) is 5.32 Å². The molecule has 1 aromatic carbocycles. The molecule has 0 amide bonds. The Morgan fingerprint density at radius 3 is 2.59 bits per heavy atom. The van der Waals surface area contributed by atoms with Gasteiger partial charge in [0, 0.05) is 0 Å². The predicted molar refractivity (Wildman–Crippen MR) is 71.6 cm³/mol. The number of benzene rings is 1. The van der Waals surface area contributed by atoms with Crippen LogP contribution >= 0.6 is 0 Å². The molecular weight excluding hydrogens is 210 g/mol. The summed E-state index contributed by atoms with van der Waals surface area (Å²) in [5.41, 5.74) is 1.41. The highest BCUT2D eigenvalue weighted by Gasteiger charge is 2.23. The zero-order valence-electron chi connectivity index (χ0n) is 10.7. The van der Waals surface area contributed by atoms with E-state index >= 15 is 0 Å². The summed E-state index contributed by atoms with van der Waals surface area (Å²) in [4.78, 5) is 0. The van der Waals surface area contributed by atoms with Crippen LogP contribution in [-0.4, -0.2) is 19.2 Å². The van der Waals surface area contributed by atoms with Crippen molar-refractivity contribution in [2.24, 2.45) is 0 Å². The van der Waals surface area contributed by atoms with Crippen LogP contribution in [0.2, 0.25) is 0 Å². The van der Waals surface area contributed by atoms with Crippen LogP contribution in [0.5, 0.6) is 5.75 Å². The molecule has 0 unspecified atom stereocenters. The Balaban J connectivity index is 1.66.